The summed E-state index contributed by atoms with van der Waals surface area (Å²) in [6, 6.07) is 3.19. The van der Waals surface area contributed by atoms with Crippen LogP contribution < -0.4 is 20.4 Å². The molecule has 4 rings (SSSR count). The minimum atomic E-state index is 0.472. The number of hydrogen-bond donors (Lipinski definition) is 2. The maximum atomic E-state index is 5.65. The molecule has 2 saturated heterocycles. The second kappa shape index (κ2) is 10.6. The third kappa shape index (κ3) is 5.74. The summed E-state index contributed by atoms with van der Waals surface area (Å²) in [6.45, 7) is 5.54. The molecule has 3 heterocycles. The highest BCUT2D eigenvalue weighted by atomic mass is 32.1. The van der Waals surface area contributed by atoms with Gasteiger partial charge in [0.15, 0.2) is 5.11 Å². The van der Waals surface area contributed by atoms with Gasteiger partial charge in [-0.05, 0) is 70.5 Å². The van der Waals surface area contributed by atoms with Crippen LogP contribution in [0.25, 0.3) is 0 Å². The first kappa shape index (κ1) is 21.6. The van der Waals surface area contributed by atoms with Crippen molar-refractivity contribution < 1.29 is 0 Å². The van der Waals surface area contributed by atoms with Gasteiger partial charge < -0.3 is 20.4 Å². The number of piperidine rings is 2. The lowest BCUT2D eigenvalue weighted by atomic mass is 10.0. The maximum Gasteiger partial charge on any atom is 0.232 e. The molecule has 0 amide bonds. The third-order valence-corrected chi connectivity index (χ3v) is 7.11. The SMILES string of the molecule is C[C@@H]1CCCCN1c1cc(N2CCCCC2)nc(NC(=S)NC2CCCCCC2)n1. The van der Waals surface area contributed by atoms with Crippen LogP contribution in [0.2, 0.25) is 0 Å². The maximum absolute atomic E-state index is 5.65. The van der Waals surface area contributed by atoms with E-state index in [2.05, 4.69) is 33.4 Å². The second-order valence-corrected chi connectivity index (χ2v) is 9.69. The van der Waals surface area contributed by atoms with Gasteiger partial charge in [0.05, 0.1) is 0 Å². The molecule has 0 spiro atoms. The zero-order valence-corrected chi connectivity index (χ0v) is 19.4. The van der Waals surface area contributed by atoms with Crippen LogP contribution >= 0.6 is 12.2 Å². The van der Waals surface area contributed by atoms with E-state index in [1.54, 1.807) is 0 Å². The highest BCUT2D eigenvalue weighted by Gasteiger charge is 2.23. The summed E-state index contributed by atoms with van der Waals surface area (Å²) in [4.78, 5) is 14.6. The Hall–Kier alpha value is -1.63. The van der Waals surface area contributed by atoms with Crippen LogP contribution in [0.1, 0.15) is 84.0 Å². The van der Waals surface area contributed by atoms with Gasteiger partial charge >= 0.3 is 0 Å². The fourth-order valence-corrected chi connectivity index (χ4v) is 5.35. The van der Waals surface area contributed by atoms with Gasteiger partial charge in [0, 0.05) is 37.8 Å². The van der Waals surface area contributed by atoms with Gasteiger partial charge in [0.2, 0.25) is 5.95 Å². The predicted octanol–water partition coefficient (Wildman–Crippen LogP) is 4.85. The van der Waals surface area contributed by atoms with Crippen molar-refractivity contribution in [3.05, 3.63) is 6.07 Å². The number of rotatable bonds is 4. The monoisotopic (exact) mass is 430 g/mol. The quantitative estimate of drug-likeness (QED) is 0.523. The fraction of sp³-hybridized carbons (Fsp3) is 0.783. The zero-order chi connectivity index (χ0) is 20.8. The van der Waals surface area contributed by atoms with E-state index in [4.69, 9.17) is 22.2 Å². The smallest absolute Gasteiger partial charge is 0.232 e. The minimum Gasteiger partial charge on any atom is -0.360 e. The molecule has 0 unspecified atom stereocenters. The summed E-state index contributed by atoms with van der Waals surface area (Å²) in [5.74, 6) is 2.71. The van der Waals surface area contributed by atoms with Gasteiger partial charge in [-0.15, -0.1) is 0 Å². The number of hydrogen-bond acceptors (Lipinski definition) is 5. The van der Waals surface area contributed by atoms with E-state index in [1.807, 2.05) is 0 Å². The Morgan fingerprint density at radius 2 is 1.50 bits per heavy atom. The molecule has 2 N–H and O–H groups in total. The minimum absolute atomic E-state index is 0.472. The predicted molar refractivity (Wildman–Crippen MR) is 130 cm³/mol. The van der Waals surface area contributed by atoms with Crippen molar-refractivity contribution in [1.82, 2.24) is 15.3 Å². The number of nitrogens with zero attached hydrogens (tertiary/aromatic N) is 4. The van der Waals surface area contributed by atoms with Gasteiger partial charge in [-0.2, -0.15) is 9.97 Å². The fourth-order valence-electron chi connectivity index (χ4n) is 5.10. The summed E-state index contributed by atoms with van der Waals surface area (Å²) in [6.07, 6.45) is 15.2. The van der Waals surface area contributed by atoms with Gasteiger partial charge in [-0.1, -0.05) is 25.7 Å². The number of aromatic nitrogens is 2. The van der Waals surface area contributed by atoms with E-state index < -0.39 is 0 Å². The molecule has 1 atom stereocenters. The van der Waals surface area contributed by atoms with Crippen molar-refractivity contribution in [2.45, 2.75) is 96.1 Å². The first-order valence-electron chi connectivity index (χ1n) is 12.2. The molecule has 0 bridgehead atoms. The van der Waals surface area contributed by atoms with Gasteiger partial charge in [0.1, 0.15) is 11.6 Å². The van der Waals surface area contributed by atoms with Crippen LogP contribution in [0.4, 0.5) is 17.6 Å². The first-order chi connectivity index (χ1) is 14.7. The van der Waals surface area contributed by atoms with Crippen molar-refractivity contribution in [1.29, 1.82) is 0 Å². The summed E-state index contributed by atoms with van der Waals surface area (Å²) in [5.41, 5.74) is 0. The first-order valence-corrected chi connectivity index (χ1v) is 12.6. The molecule has 30 heavy (non-hydrogen) atoms. The molecular weight excluding hydrogens is 392 g/mol. The average molecular weight is 431 g/mol. The molecule has 1 aromatic rings. The van der Waals surface area contributed by atoms with Crippen LogP contribution in [-0.4, -0.2) is 46.8 Å². The Kier molecular flexibility index (Phi) is 7.63. The molecule has 0 radical (unpaired) electrons. The lowest BCUT2D eigenvalue weighted by Crippen LogP contribution is -2.40. The van der Waals surface area contributed by atoms with Crippen LogP contribution in [0, 0.1) is 0 Å². The Morgan fingerprint density at radius 1 is 0.867 bits per heavy atom. The molecular formula is C23H38N6S. The summed E-state index contributed by atoms with van der Waals surface area (Å²) in [5, 5.41) is 7.52. The molecule has 3 fully saturated rings. The Labute approximate surface area is 187 Å². The van der Waals surface area contributed by atoms with E-state index in [9.17, 15) is 0 Å². The normalized spacial score (nSPS) is 23.7. The summed E-state index contributed by atoms with van der Waals surface area (Å²) >= 11 is 5.65. The van der Waals surface area contributed by atoms with Gasteiger partial charge in [-0.25, -0.2) is 0 Å². The molecule has 1 aromatic heterocycles. The average Bonchev–Trinajstić information content (AvgIpc) is 3.03. The Bertz CT molecular complexity index is 697. The Balaban J connectivity index is 1.51. The van der Waals surface area contributed by atoms with Crippen LogP contribution in [0.15, 0.2) is 6.07 Å². The summed E-state index contributed by atoms with van der Waals surface area (Å²) in [7, 11) is 0. The van der Waals surface area contributed by atoms with Crippen LogP contribution in [0.3, 0.4) is 0 Å². The third-order valence-electron chi connectivity index (χ3n) is 6.89. The highest BCUT2D eigenvalue weighted by Crippen LogP contribution is 2.28. The van der Waals surface area contributed by atoms with Crippen molar-refractivity contribution in [3.63, 3.8) is 0 Å². The Morgan fingerprint density at radius 3 is 2.23 bits per heavy atom. The number of anilines is 3. The molecule has 2 aliphatic heterocycles. The van der Waals surface area contributed by atoms with E-state index >= 15 is 0 Å². The lowest BCUT2D eigenvalue weighted by molar-refractivity contribution is 0.481. The van der Waals surface area contributed by atoms with Crippen molar-refractivity contribution in [3.8, 4) is 0 Å². The molecule has 1 aliphatic carbocycles. The standard InChI is InChI=1S/C23H38N6S/c1-18-11-7-10-16-29(18)21-17-20(28-14-8-4-9-15-28)25-22(26-21)27-23(30)24-19-12-5-2-3-6-13-19/h17-19H,2-16H2,1H3,(H2,24,25,26,27,30)/t18-/m1/s1. The van der Waals surface area contributed by atoms with Crippen LogP contribution in [0.5, 0.6) is 0 Å². The van der Waals surface area contributed by atoms with E-state index in [0.29, 0.717) is 23.1 Å². The van der Waals surface area contributed by atoms with E-state index in [1.165, 1.54) is 77.0 Å². The number of thiocarbonyl (C=S) groups is 1. The number of nitrogens with one attached hydrogen (secondary N) is 2. The molecule has 7 heteroatoms. The van der Waals surface area contributed by atoms with Gasteiger partial charge in [0.25, 0.3) is 0 Å². The van der Waals surface area contributed by atoms with Crippen molar-refractivity contribution >= 4 is 34.9 Å². The lowest BCUT2D eigenvalue weighted by Gasteiger charge is -2.35. The zero-order valence-electron chi connectivity index (χ0n) is 18.5. The van der Waals surface area contributed by atoms with Crippen molar-refractivity contribution in [2.75, 3.05) is 34.8 Å². The largest absolute Gasteiger partial charge is 0.360 e. The van der Waals surface area contributed by atoms with Gasteiger partial charge in [-0.3, -0.25) is 0 Å². The highest BCUT2D eigenvalue weighted by molar-refractivity contribution is 7.80. The molecule has 166 valence electrons. The molecule has 1 saturated carbocycles. The van der Waals surface area contributed by atoms with Crippen molar-refractivity contribution in [2.24, 2.45) is 0 Å². The van der Waals surface area contributed by atoms with Crippen LogP contribution in [-0.2, 0) is 0 Å². The molecule has 0 aromatic carbocycles. The van der Waals surface area contributed by atoms with E-state index in [-0.39, 0.29) is 0 Å². The topological polar surface area (TPSA) is 56.3 Å². The van der Waals surface area contributed by atoms with E-state index in [0.717, 1.165) is 31.3 Å². The second-order valence-electron chi connectivity index (χ2n) is 9.28. The molecule has 3 aliphatic rings. The molecule has 6 nitrogen and oxygen atoms in total. The summed E-state index contributed by atoms with van der Waals surface area (Å²) < 4.78 is 0.